The van der Waals surface area contributed by atoms with Crippen LogP contribution in [0.3, 0.4) is 0 Å². The molecule has 2 unspecified atom stereocenters. The second-order valence-corrected chi connectivity index (χ2v) is 9.30. The molecule has 1 aromatic carbocycles. The Morgan fingerprint density at radius 1 is 1.18 bits per heavy atom. The molecule has 2 aromatic heterocycles. The van der Waals surface area contributed by atoms with E-state index in [1.54, 1.807) is 31.0 Å². The van der Waals surface area contributed by atoms with Gasteiger partial charge in [-0.25, -0.2) is 9.37 Å². The molecule has 33 heavy (non-hydrogen) atoms. The van der Waals surface area contributed by atoms with Crippen molar-refractivity contribution in [2.75, 3.05) is 13.6 Å². The largest absolute Gasteiger partial charge is 0.433 e. The van der Waals surface area contributed by atoms with Gasteiger partial charge in [0.05, 0.1) is 4.88 Å². The van der Waals surface area contributed by atoms with E-state index in [0.717, 1.165) is 42.2 Å². The highest BCUT2D eigenvalue weighted by Crippen LogP contribution is 2.34. The molecule has 0 bridgehead atoms. The summed E-state index contributed by atoms with van der Waals surface area (Å²) in [4.78, 5) is 18.9. The molecule has 4 rings (SSSR count). The van der Waals surface area contributed by atoms with E-state index >= 15 is 0 Å². The van der Waals surface area contributed by atoms with Crippen molar-refractivity contribution < 1.29 is 22.4 Å². The predicted octanol–water partition coefficient (Wildman–Crippen LogP) is 5.22. The summed E-state index contributed by atoms with van der Waals surface area (Å²) in [7, 11) is 1.70. The molecule has 2 atom stereocenters. The number of benzene rings is 1. The summed E-state index contributed by atoms with van der Waals surface area (Å²) in [6.45, 7) is 2.26. The number of rotatable bonds is 6. The molecule has 1 aliphatic heterocycles. The van der Waals surface area contributed by atoms with Crippen molar-refractivity contribution in [2.24, 2.45) is 0 Å². The Morgan fingerprint density at radius 2 is 1.91 bits per heavy atom. The number of hydrogen-bond acceptors (Lipinski definition) is 5. The number of hydrazine groups is 1. The highest BCUT2D eigenvalue weighted by Gasteiger charge is 2.33. The van der Waals surface area contributed by atoms with Crippen molar-refractivity contribution in [1.29, 1.82) is 0 Å². The first kappa shape index (κ1) is 23.6. The second kappa shape index (κ2) is 9.36. The average Bonchev–Trinajstić information content (AvgIpc) is 3.37. The monoisotopic (exact) mass is 480 g/mol. The maximum absolute atomic E-state index is 13.1. The number of amides is 1. The minimum atomic E-state index is -4.52. The van der Waals surface area contributed by atoms with Gasteiger partial charge in [-0.2, -0.15) is 13.2 Å². The number of carbonyl (C=O) groups is 1. The molecule has 1 saturated heterocycles. The van der Waals surface area contributed by atoms with Gasteiger partial charge in [-0.1, -0.05) is 12.1 Å². The van der Waals surface area contributed by atoms with Gasteiger partial charge in [-0.15, -0.1) is 11.3 Å². The molecule has 0 radical (unpaired) electrons. The van der Waals surface area contributed by atoms with Crippen LogP contribution < -0.4 is 10.9 Å². The number of nitrogens with zero attached hydrogens (tertiary/aromatic N) is 2. The van der Waals surface area contributed by atoms with Crippen LogP contribution in [0.4, 0.5) is 17.6 Å². The lowest BCUT2D eigenvalue weighted by atomic mass is 9.99. The number of pyridine rings is 1. The summed E-state index contributed by atoms with van der Waals surface area (Å²) >= 11 is 0.997. The Morgan fingerprint density at radius 3 is 2.61 bits per heavy atom. The number of fused-ring (bicyclic) bond motifs is 1. The molecule has 3 aromatic rings. The lowest BCUT2D eigenvalue weighted by molar-refractivity contribution is -0.140. The number of alkyl halides is 3. The summed E-state index contributed by atoms with van der Waals surface area (Å²) in [5, 5.41) is 0.567. The standard InChI is InChI=1S/C23H24F4N4OS/c1-13-17-9-10-19(23(25,26)27)28-21(17)33-20(13)22(32)31(2)11-3-4-16-12-18(30-29-16)14-5-7-15(24)8-6-14/h5-10,16,18,29-30H,3-4,11-12H2,1-2H3. The van der Waals surface area contributed by atoms with Gasteiger partial charge >= 0.3 is 6.18 Å². The van der Waals surface area contributed by atoms with E-state index in [4.69, 9.17) is 0 Å². The van der Waals surface area contributed by atoms with Gasteiger partial charge < -0.3 is 4.90 Å². The number of aromatic nitrogens is 1. The third kappa shape index (κ3) is 5.18. The molecule has 1 aliphatic rings. The summed E-state index contributed by atoms with van der Waals surface area (Å²) in [6.07, 6.45) is -2.07. The minimum Gasteiger partial charge on any atom is -0.341 e. The van der Waals surface area contributed by atoms with Crippen LogP contribution in [0.5, 0.6) is 0 Å². The van der Waals surface area contributed by atoms with E-state index in [2.05, 4.69) is 15.8 Å². The first-order valence-electron chi connectivity index (χ1n) is 10.6. The molecule has 2 N–H and O–H groups in total. The van der Waals surface area contributed by atoms with Crippen molar-refractivity contribution in [3.8, 4) is 0 Å². The average molecular weight is 481 g/mol. The van der Waals surface area contributed by atoms with Crippen LogP contribution in [0.1, 0.15) is 51.8 Å². The Kier molecular flexibility index (Phi) is 6.69. The molecule has 3 heterocycles. The normalized spacial score (nSPS) is 18.7. The predicted molar refractivity (Wildman–Crippen MR) is 119 cm³/mol. The smallest absolute Gasteiger partial charge is 0.341 e. The first-order chi connectivity index (χ1) is 15.6. The van der Waals surface area contributed by atoms with Crippen molar-refractivity contribution in [3.05, 3.63) is 63.9 Å². The number of halogens is 4. The van der Waals surface area contributed by atoms with Gasteiger partial charge in [0.25, 0.3) is 5.91 Å². The van der Waals surface area contributed by atoms with Crippen LogP contribution in [-0.2, 0) is 6.18 Å². The lowest BCUT2D eigenvalue weighted by Crippen LogP contribution is -2.32. The van der Waals surface area contributed by atoms with E-state index in [-0.39, 0.29) is 28.6 Å². The second-order valence-electron chi connectivity index (χ2n) is 8.30. The summed E-state index contributed by atoms with van der Waals surface area (Å²) in [6, 6.07) is 9.07. The van der Waals surface area contributed by atoms with Gasteiger partial charge in [-0.05, 0) is 61.6 Å². The van der Waals surface area contributed by atoms with E-state index in [1.807, 2.05) is 0 Å². The van der Waals surface area contributed by atoms with Crippen LogP contribution in [0.15, 0.2) is 36.4 Å². The zero-order valence-corrected chi connectivity index (χ0v) is 19.0. The van der Waals surface area contributed by atoms with Crippen LogP contribution in [-0.4, -0.2) is 35.4 Å². The third-order valence-corrected chi connectivity index (χ3v) is 7.12. The van der Waals surface area contributed by atoms with E-state index < -0.39 is 11.9 Å². The Hall–Kier alpha value is -2.56. The van der Waals surface area contributed by atoms with Crippen LogP contribution >= 0.6 is 11.3 Å². The first-order valence-corrected chi connectivity index (χ1v) is 11.4. The Bertz CT molecular complexity index is 1150. The lowest BCUT2D eigenvalue weighted by Gasteiger charge is -2.18. The zero-order chi connectivity index (χ0) is 23.8. The van der Waals surface area contributed by atoms with Crippen LogP contribution in [0.25, 0.3) is 10.2 Å². The van der Waals surface area contributed by atoms with Gasteiger partial charge in [-0.3, -0.25) is 15.6 Å². The third-order valence-electron chi connectivity index (χ3n) is 5.94. The van der Waals surface area contributed by atoms with Crippen molar-refractivity contribution in [1.82, 2.24) is 20.7 Å². The van der Waals surface area contributed by atoms with Crippen LogP contribution in [0, 0.1) is 12.7 Å². The molecular weight excluding hydrogens is 456 g/mol. The maximum Gasteiger partial charge on any atom is 0.433 e. The molecule has 0 saturated carbocycles. The zero-order valence-electron chi connectivity index (χ0n) is 18.2. The van der Waals surface area contributed by atoms with E-state index in [0.29, 0.717) is 22.4 Å². The Balaban J connectivity index is 1.33. The highest BCUT2D eigenvalue weighted by molar-refractivity contribution is 7.20. The fraction of sp³-hybridized carbons (Fsp3) is 0.391. The topological polar surface area (TPSA) is 57.3 Å². The van der Waals surface area contributed by atoms with Gasteiger partial charge in [0, 0.05) is 31.1 Å². The molecular formula is C23H24F4N4OS. The SMILES string of the molecule is Cc1c(C(=O)N(C)CCCC2CC(c3ccc(F)cc3)NN2)sc2nc(C(F)(F)F)ccc12. The Labute approximate surface area is 192 Å². The number of thiophene rings is 1. The minimum absolute atomic E-state index is 0.102. The van der Waals surface area contributed by atoms with Crippen LogP contribution in [0.2, 0.25) is 0 Å². The molecule has 0 aliphatic carbocycles. The fourth-order valence-corrected chi connectivity index (χ4v) is 5.21. The molecule has 0 spiro atoms. The molecule has 1 amide bonds. The van der Waals surface area contributed by atoms with Crippen molar-refractivity contribution in [2.45, 2.75) is 44.4 Å². The van der Waals surface area contributed by atoms with E-state index in [1.165, 1.54) is 18.2 Å². The van der Waals surface area contributed by atoms with E-state index in [9.17, 15) is 22.4 Å². The maximum atomic E-state index is 13.1. The highest BCUT2D eigenvalue weighted by atomic mass is 32.1. The number of carbonyl (C=O) groups excluding carboxylic acids is 1. The molecule has 10 heteroatoms. The fourth-order valence-electron chi connectivity index (χ4n) is 4.04. The number of hydrogen-bond donors (Lipinski definition) is 2. The summed E-state index contributed by atoms with van der Waals surface area (Å²) in [5.74, 6) is -0.481. The quantitative estimate of drug-likeness (QED) is 0.475. The number of nitrogens with one attached hydrogen (secondary N) is 2. The molecule has 1 fully saturated rings. The van der Waals surface area contributed by atoms with Gasteiger partial charge in [0.15, 0.2) is 0 Å². The summed E-state index contributed by atoms with van der Waals surface area (Å²) < 4.78 is 52.0. The van der Waals surface area contributed by atoms with Crippen molar-refractivity contribution in [3.63, 3.8) is 0 Å². The summed E-state index contributed by atoms with van der Waals surface area (Å²) in [5.41, 5.74) is 7.19. The molecule has 5 nitrogen and oxygen atoms in total. The molecule has 176 valence electrons. The van der Waals surface area contributed by atoms with Gasteiger partial charge in [0.1, 0.15) is 16.3 Å². The van der Waals surface area contributed by atoms with Crippen molar-refractivity contribution >= 4 is 27.5 Å². The number of aryl methyl sites for hydroxylation is 1. The van der Waals surface area contributed by atoms with Gasteiger partial charge in [0.2, 0.25) is 0 Å².